The van der Waals surface area contributed by atoms with Gasteiger partial charge in [-0.25, -0.2) is 4.39 Å². The average Bonchev–Trinajstić information content (AvgIpc) is 2.81. The molecule has 0 saturated carbocycles. The normalized spacial score (nSPS) is 18.0. The molecule has 0 unspecified atom stereocenters. The van der Waals surface area contributed by atoms with Gasteiger partial charge < -0.3 is 18.8 Å². The largest absolute Gasteiger partial charge is 0.498 e. The van der Waals surface area contributed by atoms with Gasteiger partial charge in [-0.3, -0.25) is 0 Å². The van der Waals surface area contributed by atoms with E-state index in [4.69, 9.17) is 18.8 Å². The molecular formula is C20H24BFO4. The first-order valence-corrected chi connectivity index (χ1v) is 8.63. The summed E-state index contributed by atoms with van der Waals surface area (Å²) in [5.74, 6) is 0.306. The van der Waals surface area contributed by atoms with E-state index >= 15 is 0 Å². The lowest BCUT2D eigenvalue weighted by atomic mass is 9.78. The molecule has 0 aliphatic carbocycles. The standard InChI is InChI=1S/C20H24BFO4/c1-19(2)20(3,4)26-21(25-19)16-11-15(22)12-17(23-5)18(16)24-13-14-9-7-6-8-10-14/h6-12H,13H2,1-5H3. The van der Waals surface area contributed by atoms with Crippen molar-refractivity contribution in [1.29, 1.82) is 0 Å². The molecule has 1 aliphatic heterocycles. The third kappa shape index (κ3) is 3.57. The highest BCUT2D eigenvalue weighted by atomic mass is 19.1. The van der Waals surface area contributed by atoms with Gasteiger partial charge >= 0.3 is 7.12 Å². The molecule has 1 fully saturated rings. The van der Waals surface area contributed by atoms with E-state index < -0.39 is 24.1 Å². The van der Waals surface area contributed by atoms with Gasteiger partial charge in [-0.15, -0.1) is 0 Å². The second-order valence-electron chi connectivity index (χ2n) is 7.39. The van der Waals surface area contributed by atoms with E-state index in [0.717, 1.165) is 5.56 Å². The molecule has 6 heteroatoms. The van der Waals surface area contributed by atoms with Crippen LogP contribution in [0.3, 0.4) is 0 Å². The summed E-state index contributed by atoms with van der Waals surface area (Å²) < 4.78 is 37.6. The lowest BCUT2D eigenvalue weighted by Crippen LogP contribution is -2.41. The van der Waals surface area contributed by atoms with Crippen molar-refractivity contribution >= 4 is 12.6 Å². The highest BCUT2D eigenvalue weighted by Gasteiger charge is 2.52. The van der Waals surface area contributed by atoms with Gasteiger partial charge in [-0.1, -0.05) is 30.3 Å². The molecule has 0 atom stereocenters. The van der Waals surface area contributed by atoms with Crippen LogP contribution < -0.4 is 14.9 Å². The zero-order chi connectivity index (χ0) is 18.9. The fourth-order valence-electron chi connectivity index (χ4n) is 2.77. The maximum atomic E-state index is 14.1. The Hall–Kier alpha value is -2.05. The van der Waals surface area contributed by atoms with Crippen LogP contribution in [0.2, 0.25) is 0 Å². The Balaban J connectivity index is 1.95. The molecule has 138 valence electrons. The molecule has 0 bridgehead atoms. The third-order valence-electron chi connectivity index (χ3n) is 5.00. The van der Waals surface area contributed by atoms with Crippen molar-refractivity contribution in [3.63, 3.8) is 0 Å². The van der Waals surface area contributed by atoms with E-state index in [-0.39, 0.29) is 0 Å². The maximum Gasteiger partial charge on any atom is 0.498 e. The third-order valence-corrected chi connectivity index (χ3v) is 5.00. The number of ether oxygens (including phenoxy) is 2. The molecular weight excluding hydrogens is 334 g/mol. The Kier molecular flexibility index (Phi) is 4.99. The molecule has 0 radical (unpaired) electrons. The molecule has 3 rings (SSSR count). The second kappa shape index (κ2) is 6.93. The molecule has 0 amide bonds. The zero-order valence-electron chi connectivity index (χ0n) is 15.8. The Morgan fingerprint density at radius 3 is 2.19 bits per heavy atom. The van der Waals surface area contributed by atoms with Gasteiger partial charge in [0.15, 0.2) is 11.5 Å². The number of rotatable bonds is 5. The van der Waals surface area contributed by atoms with Gasteiger partial charge in [0.05, 0.1) is 18.3 Å². The van der Waals surface area contributed by atoms with Crippen molar-refractivity contribution in [1.82, 2.24) is 0 Å². The quantitative estimate of drug-likeness (QED) is 0.764. The Morgan fingerprint density at radius 1 is 1.00 bits per heavy atom. The minimum absolute atomic E-state index is 0.311. The number of halogens is 1. The summed E-state index contributed by atoms with van der Waals surface area (Å²) in [5.41, 5.74) is 0.414. The van der Waals surface area contributed by atoms with Crippen molar-refractivity contribution in [3.8, 4) is 11.5 Å². The molecule has 1 saturated heterocycles. The van der Waals surface area contributed by atoms with Gasteiger partial charge in [0.1, 0.15) is 12.4 Å². The predicted molar refractivity (Wildman–Crippen MR) is 99.4 cm³/mol. The summed E-state index contributed by atoms with van der Waals surface area (Å²) >= 11 is 0. The summed E-state index contributed by atoms with van der Waals surface area (Å²) in [6.07, 6.45) is 0. The number of hydrogen-bond donors (Lipinski definition) is 0. The number of hydrogen-bond acceptors (Lipinski definition) is 4. The minimum atomic E-state index is -0.740. The Morgan fingerprint density at radius 2 is 1.62 bits per heavy atom. The summed E-state index contributed by atoms with van der Waals surface area (Å²) in [6.45, 7) is 8.14. The van der Waals surface area contributed by atoms with Crippen LogP contribution in [0, 0.1) is 5.82 Å². The lowest BCUT2D eigenvalue weighted by molar-refractivity contribution is 0.00578. The highest BCUT2D eigenvalue weighted by Crippen LogP contribution is 2.38. The van der Waals surface area contributed by atoms with Crippen LogP contribution >= 0.6 is 0 Å². The minimum Gasteiger partial charge on any atom is -0.493 e. The summed E-state index contributed by atoms with van der Waals surface area (Å²) in [4.78, 5) is 0. The average molecular weight is 358 g/mol. The SMILES string of the molecule is COc1cc(F)cc(B2OC(C)(C)C(C)(C)O2)c1OCc1ccccc1. The number of methoxy groups -OCH3 is 1. The van der Waals surface area contributed by atoms with Crippen LogP contribution in [0.15, 0.2) is 42.5 Å². The van der Waals surface area contributed by atoms with Gasteiger partial charge in [0.2, 0.25) is 0 Å². The van der Waals surface area contributed by atoms with Gasteiger partial charge in [-0.2, -0.15) is 0 Å². The van der Waals surface area contributed by atoms with Crippen molar-refractivity contribution in [3.05, 3.63) is 53.8 Å². The molecule has 0 spiro atoms. The van der Waals surface area contributed by atoms with Crippen LogP contribution in [-0.4, -0.2) is 25.4 Å². The zero-order valence-corrected chi connectivity index (χ0v) is 15.8. The van der Waals surface area contributed by atoms with Gasteiger partial charge in [-0.05, 0) is 39.3 Å². The summed E-state index contributed by atoms with van der Waals surface area (Å²) in [6, 6.07) is 12.4. The molecule has 1 aliphatic rings. The topological polar surface area (TPSA) is 36.9 Å². The molecule has 1 heterocycles. The maximum absolute atomic E-state index is 14.1. The van der Waals surface area contributed by atoms with Crippen molar-refractivity contribution in [2.45, 2.75) is 45.5 Å². The van der Waals surface area contributed by atoms with Crippen molar-refractivity contribution in [2.75, 3.05) is 7.11 Å². The van der Waals surface area contributed by atoms with Gasteiger partial charge in [0.25, 0.3) is 0 Å². The van der Waals surface area contributed by atoms with Crippen LogP contribution in [0.25, 0.3) is 0 Å². The van der Waals surface area contributed by atoms with E-state index in [1.807, 2.05) is 58.0 Å². The molecule has 0 N–H and O–H groups in total. The first-order chi connectivity index (χ1) is 12.2. The van der Waals surface area contributed by atoms with E-state index in [1.165, 1.54) is 19.2 Å². The van der Waals surface area contributed by atoms with Crippen molar-refractivity contribution in [2.24, 2.45) is 0 Å². The smallest absolute Gasteiger partial charge is 0.493 e. The fourth-order valence-corrected chi connectivity index (χ4v) is 2.77. The molecule has 4 nitrogen and oxygen atoms in total. The summed E-state index contributed by atoms with van der Waals surface area (Å²) in [5, 5.41) is 0. The lowest BCUT2D eigenvalue weighted by Gasteiger charge is -2.32. The van der Waals surface area contributed by atoms with Crippen molar-refractivity contribution < 1.29 is 23.2 Å². The van der Waals surface area contributed by atoms with Crippen LogP contribution in [0.1, 0.15) is 33.3 Å². The molecule has 26 heavy (non-hydrogen) atoms. The van der Waals surface area contributed by atoms with E-state index in [1.54, 1.807) is 0 Å². The first kappa shape index (κ1) is 18.7. The van der Waals surface area contributed by atoms with E-state index in [2.05, 4.69) is 0 Å². The number of benzene rings is 2. The molecule has 0 aromatic heterocycles. The molecule has 2 aromatic carbocycles. The predicted octanol–water partition coefficient (Wildman–Crippen LogP) is 3.71. The fraction of sp³-hybridized carbons (Fsp3) is 0.400. The second-order valence-corrected chi connectivity index (χ2v) is 7.39. The van der Waals surface area contributed by atoms with Crippen LogP contribution in [-0.2, 0) is 15.9 Å². The van der Waals surface area contributed by atoms with E-state index in [9.17, 15) is 4.39 Å². The highest BCUT2D eigenvalue weighted by molar-refractivity contribution is 6.63. The Labute approximate surface area is 154 Å². The van der Waals surface area contributed by atoms with Gasteiger partial charge in [0, 0.05) is 11.5 Å². The summed E-state index contributed by atoms with van der Waals surface area (Å²) in [7, 11) is 0.744. The van der Waals surface area contributed by atoms with Crippen LogP contribution in [0.5, 0.6) is 11.5 Å². The van der Waals surface area contributed by atoms with Crippen LogP contribution in [0.4, 0.5) is 4.39 Å². The van der Waals surface area contributed by atoms with E-state index in [0.29, 0.717) is 23.6 Å². The molecule has 2 aromatic rings. The Bertz CT molecular complexity index is 761. The monoisotopic (exact) mass is 358 g/mol. The first-order valence-electron chi connectivity index (χ1n) is 8.63.